The highest BCUT2D eigenvalue weighted by Gasteiger charge is 2.23. The molecule has 0 atom stereocenters. The molecule has 3 rings (SSSR count). The van der Waals surface area contributed by atoms with Crippen molar-refractivity contribution in [2.45, 2.75) is 6.42 Å². The first-order chi connectivity index (χ1) is 16.4. The number of amides is 2. The number of carbonyl (C=O) groups is 3. The Bertz CT molecular complexity index is 1020. The number of piperazine rings is 1. The third kappa shape index (κ3) is 6.75. The van der Waals surface area contributed by atoms with E-state index in [1.807, 2.05) is 9.80 Å². The maximum absolute atomic E-state index is 14.1. The van der Waals surface area contributed by atoms with E-state index in [9.17, 15) is 23.9 Å². The van der Waals surface area contributed by atoms with E-state index in [1.54, 1.807) is 19.2 Å². The minimum Gasteiger partial charge on any atom is -0.478 e. The SMILES string of the molecule is COCCCNC(=O)CN1CCN(c2ccc(C(=O)O)cc2NC(=O)c2ccccc2F)CC1. The fourth-order valence-corrected chi connectivity index (χ4v) is 3.73. The Morgan fingerprint density at radius 1 is 1.09 bits per heavy atom. The molecule has 0 aromatic heterocycles. The van der Waals surface area contributed by atoms with Gasteiger partial charge in [-0.15, -0.1) is 0 Å². The van der Waals surface area contributed by atoms with Crippen molar-refractivity contribution < 1.29 is 28.6 Å². The molecular formula is C24H29FN4O5. The number of nitrogens with one attached hydrogen (secondary N) is 2. The minimum atomic E-state index is -1.13. The highest BCUT2D eigenvalue weighted by molar-refractivity contribution is 6.07. The molecule has 0 bridgehead atoms. The molecule has 1 fully saturated rings. The van der Waals surface area contributed by atoms with Crippen LogP contribution in [0, 0.1) is 5.82 Å². The monoisotopic (exact) mass is 472 g/mol. The molecule has 9 nitrogen and oxygen atoms in total. The number of halogens is 1. The van der Waals surface area contributed by atoms with E-state index in [1.165, 1.54) is 30.3 Å². The number of benzene rings is 2. The zero-order valence-electron chi connectivity index (χ0n) is 19.1. The number of carboxylic acid groups (broad SMARTS) is 1. The quantitative estimate of drug-likeness (QED) is 0.454. The van der Waals surface area contributed by atoms with Crippen molar-refractivity contribution in [2.24, 2.45) is 0 Å². The number of carboxylic acids is 1. The first kappa shape index (κ1) is 25.1. The highest BCUT2D eigenvalue weighted by atomic mass is 19.1. The standard InChI is InChI=1S/C24H29FN4O5/c1-34-14-4-9-26-22(30)16-28-10-12-29(13-11-28)21-8-7-17(24(32)33)15-20(21)27-23(31)18-5-2-3-6-19(18)25/h2-3,5-8,15H,4,9-14,16H2,1H3,(H,26,30)(H,27,31)(H,32,33). The first-order valence-corrected chi connectivity index (χ1v) is 11.0. The summed E-state index contributed by atoms with van der Waals surface area (Å²) >= 11 is 0. The van der Waals surface area contributed by atoms with Crippen molar-refractivity contribution >= 4 is 29.2 Å². The molecule has 1 heterocycles. The number of hydrogen-bond donors (Lipinski definition) is 3. The van der Waals surface area contributed by atoms with Gasteiger partial charge in [-0.25, -0.2) is 9.18 Å². The van der Waals surface area contributed by atoms with Gasteiger partial charge in [0.15, 0.2) is 0 Å². The van der Waals surface area contributed by atoms with E-state index >= 15 is 0 Å². The zero-order valence-corrected chi connectivity index (χ0v) is 19.1. The molecule has 10 heteroatoms. The third-order valence-corrected chi connectivity index (χ3v) is 5.54. The molecule has 34 heavy (non-hydrogen) atoms. The highest BCUT2D eigenvalue weighted by Crippen LogP contribution is 2.29. The topological polar surface area (TPSA) is 111 Å². The molecule has 0 saturated carbocycles. The number of nitrogens with zero attached hydrogens (tertiary/aromatic N) is 2. The van der Waals surface area contributed by atoms with Gasteiger partial charge in [0.2, 0.25) is 5.91 Å². The van der Waals surface area contributed by atoms with E-state index in [2.05, 4.69) is 10.6 Å². The Balaban J connectivity index is 1.66. The molecular weight excluding hydrogens is 443 g/mol. The summed E-state index contributed by atoms with van der Waals surface area (Å²) in [4.78, 5) is 40.3. The van der Waals surface area contributed by atoms with Crippen LogP contribution in [0.25, 0.3) is 0 Å². The summed E-state index contributed by atoms with van der Waals surface area (Å²) in [7, 11) is 1.62. The smallest absolute Gasteiger partial charge is 0.335 e. The molecule has 1 aliphatic rings. The molecule has 2 aromatic rings. The van der Waals surface area contributed by atoms with Crippen LogP contribution in [0.4, 0.5) is 15.8 Å². The summed E-state index contributed by atoms with van der Waals surface area (Å²) < 4.78 is 19.0. The summed E-state index contributed by atoms with van der Waals surface area (Å²) in [5.74, 6) is -2.50. The molecule has 2 amide bonds. The Hall–Kier alpha value is -3.50. The van der Waals surface area contributed by atoms with Gasteiger partial charge in [0.25, 0.3) is 5.91 Å². The summed E-state index contributed by atoms with van der Waals surface area (Å²) in [6.07, 6.45) is 0.754. The summed E-state index contributed by atoms with van der Waals surface area (Å²) in [5.41, 5.74) is 0.808. The first-order valence-electron chi connectivity index (χ1n) is 11.0. The molecule has 0 spiro atoms. The van der Waals surface area contributed by atoms with Crippen LogP contribution < -0.4 is 15.5 Å². The normalized spacial score (nSPS) is 14.0. The fourth-order valence-electron chi connectivity index (χ4n) is 3.73. The summed E-state index contributed by atoms with van der Waals surface area (Å²) in [6, 6.07) is 10.1. The largest absolute Gasteiger partial charge is 0.478 e. The van der Waals surface area contributed by atoms with Gasteiger partial charge >= 0.3 is 5.97 Å². The van der Waals surface area contributed by atoms with Gasteiger partial charge in [0.05, 0.1) is 29.0 Å². The maximum atomic E-state index is 14.1. The second kappa shape index (κ2) is 12.1. The van der Waals surface area contributed by atoms with E-state index in [-0.39, 0.29) is 29.3 Å². The predicted octanol–water partition coefficient (Wildman–Crippen LogP) is 2.05. The van der Waals surface area contributed by atoms with Crippen molar-refractivity contribution in [3.05, 3.63) is 59.4 Å². The molecule has 2 aromatic carbocycles. The molecule has 1 aliphatic heterocycles. The lowest BCUT2D eigenvalue weighted by Crippen LogP contribution is -2.49. The lowest BCUT2D eigenvalue weighted by molar-refractivity contribution is -0.122. The van der Waals surface area contributed by atoms with Gasteiger partial charge in [-0.3, -0.25) is 14.5 Å². The Morgan fingerprint density at radius 3 is 2.50 bits per heavy atom. The van der Waals surface area contributed by atoms with Gasteiger partial charge < -0.3 is 25.4 Å². The molecule has 182 valence electrons. The van der Waals surface area contributed by atoms with Gasteiger partial charge in [0, 0.05) is 46.4 Å². The number of methoxy groups -OCH3 is 1. The summed E-state index contributed by atoms with van der Waals surface area (Å²) in [5, 5.41) is 14.9. The second-order valence-corrected chi connectivity index (χ2v) is 7.93. The number of carbonyl (C=O) groups excluding carboxylic acids is 2. The van der Waals surface area contributed by atoms with Crippen LogP contribution in [0.1, 0.15) is 27.1 Å². The van der Waals surface area contributed by atoms with Crippen LogP contribution in [0.2, 0.25) is 0 Å². The molecule has 1 saturated heterocycles. The van der Waals surface area contributed by atoms with E-state index in [0.29, 0.717) is 45.0 Å². The van der Waals surface area contributed by atoms with Crippen LogP contribution in [0.3, 0.4) is 0 Å². The van der Waals surface area contributed by atoms with Gasteiger partial charge in [-0.05, 0) is 36.8 Å². The second-order valence-electron chi connectivity index (χ2n) is 7.93. The van der Waals surface area contributed by atoms with Crippen LogP contribution in [-0.2, 0) is 9.53 Å². The maximum Gasteiger partial charge on any atom is 0.335 e. The number of ether oxygens (including phenoxy) is 1. The zero-order chi connectivity index (χ0) is 24.5. The third-order valence-electron chi connectivity index (χ3n) is 5.54. The van der Waals surface area contributed by atoms with Gasteiger partial charge in [0.1, 0.15) is 5.82 Å². The van der Waals surface area contributed by atoms with Crippen molar-refractivity contribution in [3.63, 3.8) is 0 Å². The van der Waals surface area contributed by atoms with Crippen molar-refractivity contribution in [1.82, 2.24) is 10.2 Å². The van der Waals surface area contributed by atoms with Crippen LogP contribution in [-0.4, -0.2) is 80.8 Å². The molecule has 0 aliphatic carbocycles. The van der Waals surface area contributed by atoms with Crippen LogP contribution in [0.15, 0.2) is 42.5 Å². The average Bonchev–Trinajstić information content (AvgIpc) is 2.82. The molecule has 3 N–H and O–H groups in total. The molecule has 0 radical (unpaired) electrons. The molecule has 0 unspecified atom stereocenters. The Morgan fingerprint density at radius 2 is 1.82 bits per heavy atom. The average molecular weight is 473 g/mol. The van der Waals surface area contributed by atoms with E-state index < -0.39 is 17.7 Å². The minimum absolute atomic E-state index is 0.0105. The van der Waals surface area contributed by atoms with Gasteiger partial charge in [-0.2, -0.15) is 0 Å². The van der Waals surface area contributed by atoms with Crippen molar-refractivity contribution in [2.75, 3.05) is 63.2 Å². The van der Waals surface area contributed by atoms with Crippen LogP contribution >= 0.6 is 0 Å². The lowest BCUT2D eigenvalue weighted by atomic mass is 10.1. The number of rotatable bonds is 10. The van der Waals surface area contributed by atoms with Gasteiger partial charge in [-0.1, -0.05) is 12.1 Å². The van der Waals surface area contributed by atoms with Crippen molar-refractivity contribution in [1.29, 1.82) is 0 Å². The number of aromatic carboxylic acids is 1. The van der Waals surface area contributed by atoms with E-state index in [4.69, 9.17) is 4.74 Å². The van der Waals surface area contributed by atoms with E-state index in [0.717, 1.165) is 6.42 Å². The van der Waals surface area contributed by atoms with Crippen molar-refractivity contribution in [3.8, 4) is 0 Å². The predicted molar refractivity (Wildman–Crippen MR) is 126 cm³/mol. The lowest BCUT2D eigenvalue weighted by Gasteiger charge is -2.36. The van der Waals surface area contributed by atoms with Crippen LogP contribution in [0.5, 0.6) is 0 Å². The summed E-state index contributed by atoms with van der Waals surface area (Å²) in [6.45, 7) is 3.83. The number of hydrogen-bond acceptors (Lipinski definition) is 6. The Kier molecular flexibility index (Phi) is 8.94. The Labute approximate surface area is 197 Å². The number of anilines is 2. The fraction of sp³-hybridized carbons (Fsp3) is 0.375.